The first-order valence-electron chi connectivity index (χ1n) is 30.4. The van der Waals surface area contributed by atoms with Gasteiger partial charge in [-0.3, -0.25) is 24.0 Å². The highest BCUT2D eigenvalue weighted by atomic mass is 16.6. The second-order valence-electron chi connectivity index (χ2n) is 24.8. The molecule has 3 heterocycles. The molecular formula is C64H101NO14. The van der Waals surface area contributed by atoms with Crippen LogP contribution in [0.2, 0.25) is 0 Å². The molecule has 2 saturated heterocycles. The minimum absolute atomic E-state index is 0.0556. The minimum atomic E-state index is -2.45. The number of carbonyl (C=O) groups excluding carboxylic acids is 5. The van der Waals surface area contributed by atoms with Gasteiger partial charge in [0, 0.05) is 57.8 Å². The number of rotatable bonds is 9. The van der Waals surface area contributed by atoms with E-state index >= 15 is 0 Å². The molecule has 79 heavy (non-hydrogen) atoms. The molecule has 14 atom stereocenters. The Labute approximate surface area is 473 Å². The van der Waals surface area contributed by atoms with Gasteiger partial charge in [0.1, 0.15) is 23.7 Å². The van der Waals surface area contributed by atoms with Gasteiger partial charge in [-0.1, -0.05) is 129 Å². The normalized spacial score (nSPS) is 36.0. The van der Waals surface area contributed by atoms with E-state index in [9.17, 15) is 44.1 Å². The molecular weight excluding hydrogens is 1010 g/mol. The van der Waals surface area contributed by atoms with E-state index in [0.29, 0.717) is 76.2 Å². The molecule has 3 N–H and O–H groups in total. The predicted molar refractivity (Wildman–Crippen MR) is 304 cm³/mol. The Hall–Kier alpha value is -3.86. The fourth-order valence-electron chi connectivity index (χ4n) is 13.1. The second kappa shape index (κ2) is 32.1. The van der Waals surface area contributed by atoms with E-state index in [1.165, 1.54) is 24.2 Å². The van der Waals surface area contributed by atoms with Crippen LogP contribution in [0.4, 0.5) is 0 Å². The van der Waals surface area contributed by atoms with Crippen molar-refractivity contribution in [3.8, 4) is 0 Å². The maximum atomic E-state index is 14.7. The first-order chi connectivity index (χ1) is 37.6. The summed E-state index contributed by atoms with van der Waals surface area (Å²) in [5.74, 6) is -8.51. The van der Waals surface area contributed by atoms with Gasteiger partial charge in [-0.05, 0) is 120 Å². The lowest BCUT2D eigenvalue weighted by Crippen LogP contribution is -2.61. The highest BCUT2D eigenvalue weighted by molar-refractivity contribution is 6.39. The van der Waals surface area contributed by atoms with Crippen molar-refractivity contribution in [3.63, 3.8) is 0 Å². The number of methoxy groups -OCH3 is 2. The molecule has 15 heteroatoms. The summed E-state index contributed by atoms with van der Waals surface area (Å²) in [5, 5.41) is 33.6. The molecule has 1 amide bonds. The molecule has 2 saturated carbocycles. The maximum Gasteiger partial charge on any atom is 0.329 e. The van der Waals surface area contributed by atoms with Gasteiger partial charge in [0.2, 0.25) is 5.79 Å². The first-order valence-corrected chi connectivity index (χ1v) is 30.4. The lowest BCUT2D eigenvalue weighted by molar-refractivity contribution is -0.265. The second-order valence-corrected chi connectivity index (χ2v) is 24.8. The summed E-state index contributed by atoms with van der Waals surface area (Å²) in [4.78, 5) is 85.0. The number of esters is 1. The monoisotopic (exact) mass is 1110 g/mol. The Balaban J connectivity index is 1.42. The van der Waals surface area contributed by atoms with Gasteiger partial charge in [0.25, 0.3) is 11.7 Å². The summed E-state index contributed by atoms with van der Waals surface area (Å²) < 4.78 is 31.7. The van der Waals surface area contributed by atoms with Crippen molar-refractivity contribution in [1.82, 2.24) is 4.90 Å². The van der Waals surface area contributed by atoms with Crippen molar-refractivity contribution < 1.29 is 67.8 Å². The predicted octanol–water partition coefficient (Wildman–Crippen LogP) is 11.1. The number of carboxylic acids is 1. The third kappa shape index (κ3) is 19.6. The van der Waals surface area contributed by atoms with Crippen molar-refractivity contribution >= 4 is 35.2 Å². The maximum absolute atomic E-state index is 14.7. The van der Waals surface area contributed by atoms with E-state index in [1.807, 2.05) is 58.1 Å². The number of carboxylic acid groups (broad SMARTS) is 1. The van der Waals surface area contributed by atoms with Crippen LogP contribution in [-0.2, 0) is 52.5 Å². The van der Waals surface area contributed by atoms with Gasteiger partial charge >= 0.3 is 11.9 Å². The number of carbonyl (C=O) groups is 6. The molecule has 2 bridgehead atoms. The fourth-order valence-corrected chi connectivity index (χ4v) is 13.1. The molecule has 0 aromatic rings. The van der Waals surface area contributed by atoms with Crippen LogP contribution >= 0.6 is 0 Å². The van der Waals surface area contributed by atoms with E-state index in [-0.39, 0.29) is 79.7 Å². The minimum Gasteiger partial charge on any atom is -0.481 e. The van der Waals surface area contributed by atoms with Gasteiger partial charge in [0.05, 0.1) is 42.5 Å². The van der Waals surface area contributed by atoms with E-state index in [0.717, 1.165) is 50.5 Å². The number of hydrogen-bond donors (Lipinski definition) is 3. The van der Waals surface area contributed by atoms with Crippen molar-refractivity contribution in [3.05, 3.63) is 47.6 Å². The van der Waals surface area contributed by atoms with Crippen molar-refractivity contribution in [1.29, 1.82) is 0 Å². The third-order valence-electron chi connectivity index (χ3n) is 18.3. The number of allylic oxidation sites excluding steroid dienone is 6. The summed E-state index contributed by atoms with van der Waals surface area (Å²) in [7, 11) is 3.25. The zero-order valence-electron chi connectivity index (χ0n) is 49.6. The largest absolute Gasteiger partial charge is 0.481 e. The average molecular weight is 1110 g/mol. The number of fused-ring (bicyclic) bond motifs is 3. The number of nitrogens with zero attached hydrogens (tertiary/aromatic N) is 1. The molecule has 15 nitrogen and oxygen atoms in total. The molecule has 446 valence electrons. The molecule has 0 spiro atoms. The SMILES string of the molecule is CO[C@H]1C[C@@H]2CC[C@@H](C)[C@@](O)(O2)C(=O)C(=O)N2CCCC[C@H]2C(=O)O[C@H]([C@H](C)C[C@@H]2CC[C@@H](OC3(CC(=O)O)CCCCCCCCCCC3)[C@H](OC)C2)CC(=O)[C@H](C)/C=C(\C)[C@@H](O)CC(=O)[C@H](C)C[C@H](C)/C=C/C=CC=C1C. The van der Waals surface area contributed by atoms with Gasteiger partial charge < -0.3 is 43.9 Å². The topological polar surface area (TPSA) is 212 Å². The number of hydrogen-bond acceptors (Lipinski definition) is 13. The molecule has 2 aliphatic carbocycles. The summed E-state index contributed by atoms with van der Waals surface area (Å²) in [6.07, 6.45) is 24.2. The van der Waals surface area contributed by atoms with Crippen LogP contribution < -0.4 is 0 Å². The molecule has 4 fully saturated rings. The number of ketones is 3. The summed E-state index contributed by atoms with van der Waals surface area (Å²) in [6.45, 7) is 13.0. The molecule has 0 unspecified atom stereocenters. The molecule has 0 aromatic heterocycles. The Morgan fingerprint density at radius 3 is 2.08 bits per heavy atom. The Morgan fingerprint density at radius 1 is 0.759 bits per heavy atom. The van der Waals surface area contributed by atoms with Crippen LogP contribution in [0.1, 0.15) is 209 Å². The molecule has 0 radical (unpaired) electrons. The Bertz CT molecular complexity index is 2120. The quantitative estimate of drug-likeness (QED) is 0.111. The number of cyclic esters (lactones) is 1. The van der Waals surface area contributed by atoms with Crippen molar-refractivity contribution in [2.24, 2.45) is 35.5 Å². The number of aliphatic hydroxyl groups excluding tert-OH is 1. The molecule has 5 rings (SSSR count). The summed E-state index contributed by atoms with van der Waals surface area (Å²) >= 11 is 0. The zero-order valence-corrected chi connectivity index (χ0v) is 49.6. The molecule has 3 aliphatic heterocycles. The van der Waals surface area contributed by atoms with Crippen molar-refractivity contribution in [2.45, 2.75) is 263 Å². The van der Waals surface area contributed by atoms with Gasteiger partial charge in [-0.2, -0.15) is 0 Å². The van der Waals surface area contributed by atoms with Gasteiger partial charge in [-0.15, -0.1) is 0 Å². The number of ether oxygens (including phenoxy) is 5. The molecule has 5 aliphatic rings. The Morgan fingerprint density at radius 2 is 1.43 bits per heavy atom. The third-order valence-corrected chi connectivity index (χ3v) is 18.3. The zero-order chi connectivity index (χ0) is 57.9. The smallest absolute Gasteiger partial charge is 0.329 e. The lowest BCUT2D eigenvalue weighted by atomic mass is 9.77. The standard InChI is InChI=1S/C64H101NO14/c1-42-24-18-17-19-25-43(2)56(75-8)38-50-29-27-48(7)64(74,78-50)60(71)61(72)65-33-23-20-26-51(65)62(73)77-57(40-54(68)46(5)35-45(4)53(67)39-52(66)44(3)34-42)47(6)36-49-28-30-55(58(37-49)76-9)79-63(41-59(69)70)31-21-15-13-11-10-12-14-16-22-32-63/h17-19,24-25,35,42,44,46-51,53,55-58,67,74H,10-16,20-23,26-34,36-41H2,1-9H3,(H,69,70)/b19-17?,24-18+,43-25?,45-35+/t42-,44-,46-,47-,48-,49+,50+,51+,53+,55-,56+,57+,58-,64-/m1/s1. The number of amides is 1. The van der Waals surface area contributed by atoms with Crippen LogP contribution in [0.5, 0.6) is 0 Å². The lowest BCUT2D eigenvalue weighted by Gasteiger charge is -2.43. The summed E-state index contributed by atoms with van der Waals surface area (Å²) in [5.41, 5.74) is 0.586. The van der Waals surface area contributed by atoms with Crippen LogP contribution in [0.25, 0.3) is 0 Å². The number of aliphatic carboxylic acids is 1. The van der Waals surface area contributed by atoms with E-state index < -0.39 is 77.3 Å². The van der Waals surface area contributed by atoms with Crippen LogP contribution in [0.15, 0.2) is 47.6 Å². The highest BCUT2D eigenvalue weighted by Crippen LogP contribution is 2.41. The number of piperidine rings is 1. The highest BCUT2D eigenvalue weighted by Gasteiger charge is 2.53. The van der Waals surface area contributed by atoms with Crippen molar-refractivity contribution in [2.75, 3.05) is 20.8 Å². The van der Waals surface area contributed by atoms with Crippen LogP contribution in [-0.4, -0.2) is 130 Å². The first kappa shape index (κ1) is 65.9. The number of aliphatic hydroxyl groups is 2. The van der Waals surface area contributed by atoms with E-state index in [1.54, 1.807) is 41.1 Å². The number of Topliss-reactive ketones (excluding diaryl/α,β-unsaturated/α-hetero) is 3. The van der Waals surface area contributed by atoms with Crippen LogP contribution in [0, 0.1) is 35.5 Å². The summed E-state index contributed by atoms with van der Waals surface area (Å²) in [6, 6.07) is -1.16. The van der Waals surface area contributed by atoms with E-state index in [2.05, 4.69) is 0 Å². The van der Waals surface area contributed by atoms with Crippen LogP contribution in [0.3, 0.4) is 0 Å². The van der Waals surface area contributed by atoms with Gasteiger partial charge in [-0.25, -0.2) is 4.79 Å². The Kier molecular flexibility index (Phi) is 26.8. The average Bonchev–Trinajstić information content (AvgIpc) is 3.55. The molecule has 0 aromatic carbocycles. The van der Waals surface area contributed by atoms with Gasteiger partial charge in [0.15, 0.2) is 0 Å². The fraction of sp³-hybridized carbons (Fsp3) is 0.781. The van der Waals surface area contributed by atoms with E-state index in [4.69, 9.17) is 23.7 Å².